The third kappa shape index (κ3) is 3.23. The lowest BCUT2D eigenvalue weighted by molar-refractivity contribution is -0.140. The predicted octanol–water partition coefficient (Wildman–Crippen LogP) is 2.83. The first-order valence-corrected chi connectivity index (χ1v) is 7.91. The fraction of sp³-hybridized carbons (Fsp3) is 0.286. The van der Waals surface area contributed by atoms with Gasteiger partial charge in [0.25, 0.3) is 0 Å². The fourth-order valence-electron chi connectivity index (χ4n) is 2.52. The van der Waals surface area contributed by atoms with E-state index in [0.717, 1.165) is 4.68 Å². The fourth-order valence-corrected chi connectivity index (χ4v) is 2.94. The molecule has 3 rings (SSSR count). The first kappa shape index (κ1) is 17.4. The zero-order valence-electron chi connectivity index (χ0n) is 12.7. The van der Waals surface area contributed by atoms with Crippen LogP contribution in [0.3, 0.4) is 0 Å². The third-order valence-corrected chi connectivity index (χ3v) is 3.95. The molecular formula is C14H11BrF3N5O2. The van der Waals surface area contributed by atoms with Crippen LogP contribution in [-0.2, 0) is 9.53 Å². The molecule has 0 fully saturated rings. The van der Waals surface area contributed by atoms with Crippen LogP contribution < -0.4 is 5.32 Å². The highest BCUT2D eigenvalue weighted by Crippen LogP contribution is 2.41. The van der Waals surface area contributed by atoms with E-state index in [2.05, 4.69) is 36.8 Å². The Balaban J connectivity index is 2.26. The van der Waals surface area contributed by atoms with Crippen LogP contribution in [0.4, 0.5) is 19.1 Å². The molecule has 0 saturated heterocycles. The van der Waals surface area contributed by atoms with Crippen molar-refractivity contribution in [3.63, 3.8) is 0 Å². The van der Waals surface area contributed by atoms with Crippen LogP contribution in [0.15, 0.2) is 40.0 Å². The van der Waals surface area contributed by atoms with Gasteiger partial charge >= 0.3 is 12.1 Å². The number of hydrogen-bond donors (Lipinski definition) is 1. The number of benzene rings is 1. The van der Waals surface area contributed by atoms with Gasteiger partial charge in [0.2, 0.25) is 5.95 Å². The van der Waals surface area contributed by atoms with E-state index in [1.54, 1.807) is 24.3 Å². The van der Waals surface area contributed by atoms with Crippen molar-refractivity contribution in [1.29, 1.82) is 0 Å². The van der Waals surface area contributed by atoms with Crippen molar-refractivity contribution < 1.29 is 22.7 Å². The maximum Gasteiger partial charge on any atom is 0.431 e. The smallest absolute Gasteiger partial charge is 0.431 e. The van der Waals surface area contributed by atoms with Crippen molar-refractivity contribution in [3.05, 3.63) is 45.6 Å². The number of ether oxygens (including phenoxy) is 1. The number of alkyl halides is 3. The number of carbonyl (C=O) groups is 1. The Morgan fingerprint density at radius 1 is 1.44 bits per heavy atom. The van der Waals surface area contributed by atoms with Gasteiger partial charge in [-0.3, -0.25) is 0 Å². The summed E-state index contributed by atoms with van der Waals surface area (Å²) in [4.78, 5) is 12.3. The lowest BCUT2D eigenvalue weighted by atomic mass is 9.95. The van der Waals surface area contributed by atoms with Gasteiger partial charge in [-0.15, -0.1) is 0 Å². The molecule has 0 bridgehead atoms. The first-order chi connectivity index (χ1) is 11.8. The van der Waals surface area contributed by atoms with Gasteiger partial charge in [0.15, 0.2) is 0 Å². The summed E-state index contributed by atoms with van der Waals surface area (Å²) in [5.74, 6) is -1.31. The largest absolute Gasteiger partial charge is 0.463 e. The lowest BCUT2D eigenvalue weighted by Gasteiger charge is -2.29. The van der Waals surface area contributed by atoms with Crippen LogP contribution in [-0.4, -0.2) is 39.0 Å². The van der Waals surface area contributed by atoms with Crippen LogP contribution in [0, 0.1) is 0 Å². The number of anilines is 1. The van der Waals surface area contributed by atoms with Crippen molar-refractivity contribution in [2.45, 2.75) is 19.1 Å². The van der Waals surface area contributed by atoms with Gasteiger partial charge in [-0.2, -0.15) is 17.9 Å². The molecular weight excluding hydrogens is 407 g/mol. The predicted molar refractivity (Wildman–Crippen MR) is 83.4 cm³/mol. The Kier molecular flexibility index (Phi) is 4.50. The number of tetrazole rings is 1. The van der Waals surface area contributed by atoms with Crippen LogP contribution in [0.1, 0.15) is 18.5 Å². The minimum atomic E-state index is -4.82. The molecule has 1 atom stereocenters. The SMILES string of the molecule is CCOC(=O)C1=C(C(F)(F)F)Nc2nnnn2C1c1cccc(Br)c1. The Bertz CT molecular complexity index is 849. The number of rotatable bonds is 3. The number of nitrogens with one attached hydrogen (secondary N) is 1. The summed E-state index contributed by atoms with van der Waals surface area (Å²) in [6, 6.07) is 5.35. The maximum atomic E-state index is 13.5. The second-order valence-electron chi connectivity index (χ2n) is 5.04. The van der Waals surface area contributed by atoms with E-state index in [9.17, 15) is 18.0 Å². The molecule has 25 heavy (non-hydrogen) atoms. The zero-order valence-corrected chi connectivity index (χ0v) is 14.3. The average molecular weight is 418 g/mol. The van der Waals surface area contributed by atoms with E-state index in [-0.39, 0.29) is 12.6 Å². The molecule has 1 N–H and O–H groups in total. The van der Waals surface area contributed by atoms with E-state index in [1.807, 2.05) is 0 Å². The van der Waals surface area contributed by atoms with Crippen molar-refractivity contribution in [2.24, 2.45) is 0 Å². The number of esters is 1. The maximum absolute atomic E-state index is 13.5. The molecule has 0 radical (unpaired) electrons. The van der Waals surface area contributed by atoms with E-state index in [4.69, 9.17) is 4.74 Å². The van der Waals surface area contributed by atoms with Gasteiger partial charge in [0.1, 0.15) is 11.7 Å². The molecule has 0 amide bonds. The van der Waals surface area contributed by atoms with Gasteiger partial charge in [-0.25, -0.2) is 4.79 Å². The Hall–Kier alpha value is -2.43. The van der Waals surface area contributed by atoms with Crippen LogP contribution in [0.5, 0.6) is 0 Å². The molecule has 1 aliphatic heterocycles. The Labute approximate surface area is 148 Å². The zero-order chi connectivity index (χ0) is 18.2. The molecule has 0 aliphatic carbocycles. The van der Waals surface area contributed by atoms with Crippen molar-refractivity contribution in [3.8, 4) is 0 Å². The van der Waals surface area contributed by atoms with Crippen LogP contribution in [0.2, 0.25) is 0 Å². The van der Waals surface area contributed by atoms with Gasteiger partial charge in [-0.05, 0) is 35.0 Å². The molecule has 0 spiro atoms. The van der Waals surface area contributed by atoms with Crippen LogP contribution >= 0.6 is 15.9 Å². The summed E-state index contributed by atoms with van der Waals surface area (Å²) in [5, 5.41) is 12.8. The lowest BCUT2D eigenvalue weighted by Crippen LogP contribution is -2.35. The quantitative estimate of drug-likeness (QED) is 0.773. The number of carbonyl (C=O) groups excluding carboxylic acids is 1. The highest BCUT2D eigenvalue weighted by Gasteiger charge is 2.46. The highest BCUT2D eigenvalue weighted by molar-refractivity contribution is 9.10. The molecule has 11 heteroatoms. The Morgan fingerprint density at radius 2 is 2.20 bits per heavy atom. The average Bonchev–Trinajstić information content (AvgIpc) is 3.00. The first-order valence-electron chi connectivity index (χ1n) is 7.11. The number of nitrogens with zero attached hydrogens (tertiary/aromatic N) is 4. The molecule has 1 unspecified atom stereocenters. The van der Waals surface area contributed by atoms with Gasteiger partial charge in [-0.1, -0.05) is 33.2 Å². The number of hydrogen-bond acceptors (Lipinski definition) is 6. The number of aromatic nitrogens is 4. The van der Waals surface area contributed by atoms with E-state index < -0.39 is 29.5 Å². The van der Waals surface area contributed by atoms with Gasteiger partial charge in [0.05, 0.1) is 12.2 Å². The molecule has 1 aromatic carbocycles. The molecule has 0 saturated carbocycles. The van der Waals surface area contributed by atoms with E-state index in [1.165, 1.54) is 6.92 Å². The highest BCUT2D eigenvalue weighted by atomic mass is 79.9. The molecule has 1 aliphatic rings. The topological polar surface area (TPSA) is 81.9 Å². The molecule has 1 aromatic heterocycles. The summed E-state index contributed by atoms with van der Waals surface area (Å²) >= 11 is 3.27. The van der Waals surface area contributed by atoms with Crippen molar-refractivity contribution in [1.82, 2.24) is 20.2 Å². The standard InChI is InChI=1S/C14H11BrF3N5O2/c1-2-25-12(24)9-10(7-4-3-5-8(15)6-7)23-13(20-21-22-23)19-11(9)14(16,17)18/h3-6,10H,2H2,1H3,(H,19,20,22). The summed E-state index contributed by atoms with van der Waals surface area (Å²) in [6.07, 6.45) is -4.82. The second-order valence-corrected chi connectivity index (χ2v) is 5.95. The van der Waals surface area contributed by atoms with Crippen molar-refractivity contribution >= 4 is 27.8 Å². The molecule has 132 valence electrons. The summed E-state index contributed by atoms with van der Waals surface area (Å²) < 4.78 is 47.2. The van der Waals surface area contributed by atoms with Crippen LogP contribution in [0.25, 0.3) is 0 Å². The monoisotopic (exact) mass is 417 g/mol. The van der Waals surface area contributed by atoms with Gasteiger partial charge < -0.3 is 10.1 Å². The molecule has 7 nitrogen and oxygen atoms in total. The van der Waals surface area contributed by atoms with Gasteiger partial charge in [0, 0.05) is 4.47 Å². The van der Waals surface area contributed by atoms with E-state index in [0.29, 0.717) is 10.0 Å². The molecule has 2 heterocycles. The Morgan fingerprint density at radius 3 is 2.84 bits per heavy atom. The second kappa shape index (κ2) is 6.47. The van der Waals surface area contributed by atoms with Crippen molar-refractivity contribution in [2.75, 3.05) is 11.9 Å². The third-order valence-electron chi connectivity index (χ3n) is 3.46. The normalized spacial score (nSPS) is 17.1. The summed E-state index contributed by atoms with van der Waals surface area (Å²) in [6.45, 7) is 1.44. The minimum absolute atomic E-state index is 0.0683. The molecule has 2 aromatic rings. The minimum Gasteiger partial charge on any atom is -0.463 e. The number of halogens is 4. The summed E-state index contributed by atoms with van der Waals surface area (Å²) in [5.41, 5.74) is -1.44. The number of fused-ring (bicyclic) bond motifs is 1. The number of allylic oxidation sites excluding steroid dienone is 1. The van der Waals surface area contributed by atoms with E-state index >= 15 is 0 Å². The summed E-state index contributed by atoms with van der Waals surface area (Å²) in [7, 11) is 0.